The van der Waals surface area contributed by atoms with Crippen molar-refractivity contribution in [1.82, 2.24) is 9.80 Å². The fraction of sp³-hybridized carbons (Fsp3) is 0.810. The van der Waals surface area contributed by atoms with Crippen LogP contribution in [0.1, 0.15) is 46.0 Å². The Labute approximate surface area is 163 Å². The molecular weight excluding hydrogens is 342 g/mol. The van der Waals surface area contributed by atoms with Crippen LogP contribution in [0.25, 0.3) is 0 Å². The first-order valence-corrected chi connectivity index (χ1v) is 10.6. The number of carbonyl (C=O) groups is 1. The van der Waals surface area contributed by atoms with Gasteiger partial charge in [-0.15, -0.1) is 0 Å². The Morgan fingerprint density at radius 2 is 1.96 bits per heavy atom. The van der Waals surface area contributed by atoms with E-state index in [0.717, 1.165) is 51.5 Å². The van der Waals surface area contributed by atoms with E-state index in [1.807, 2.05) is 11.8 Å². The molecule has 2 atom stereocenters. The van der Waals surface area contributed by atoms with Crippen molar-refractivity contribution < 1.29 is 14.3 Å². The van der Waals surface area contributed by atoms with Gasteiger partial charge in [0.1, 0.15) is 0 Å². The molecule has 6 nitrogen and oxygen atoms in total. The number of piperidine rings is 1. The van der Waals surface area contributed by atoms with Gasteiger partial charge in [0, 0.05) is 19.1 Å². The summed E-state index contributed by atoms with van der Waals surface area (Å²) in [5.41, 5.74) is 1.50. The molecule has 0 spiro atoms. The van der Waals surface area contributed by atoms with Gasteiger partial charge in [0.05, 0.1) is 26.2 Å². The molecule has 0 aliphatic carbocycles. The van der Waals surface area contributed by atoms with Crippen molar-refractivity contribution in [2.24, 2.45) is 16.8 Å². The predicted octanol–water partition coefficient (Wildman–Crippen LogP) is 3.33. The molecule has 2 fully saturated rings. The third-order valence-electron chi connectivity index (χ3n) is 6.27. The molecule has 0 N–H and O–H groups in total. The van der Waals surface area contributed by atoms with Gasteiger partial charge in [0.15, 0.2) is 5.90 Å². The van der Waals surface area contributed by atoms with Gasteiger partial charge in [-0.05, 0) is 63.6 Å². The zero-order chi connectivity index (χ0) is 19.2. The lowest BCUT2D eigenvalue weighted by Crippen LogP contribution is -2.42. The smallest absolute Gasteiger partial charge is 0.409 e. The number of hydrogen-bond acceptors (Lipinski definition) is 5. The maximum atomic E-state index is 12.0. The molecular formula is C21H35N3O3. The second-order valence-corrected chi connectivity index (χ2v) is 7.97. The molecule has 1 amide bonds. The van der Waals surface area contributed by atoms with E-state index in [9.17, 15) is 4.79 Å². The van der Waals surface area contributed by atoms with Gasteiger partial charge in [0.25, 0.3) is 0 Å². The summed E-state index contributed by atoms with van der Waals surface area (Å²) < 4.78 is 10.5. The number of rotatable bonds is 3. The number of methoxy groups -OCH3 is 1. The van der Waals surface area contributed by atoms with E-state index >= 15 is 0 Å². The Morgan fingerprint density at radius 1 is 1.19 bits per heavy atom. The summed E-state index contributed by atoms with van der Waals surface area (Å²) in [6, 6.07) is 0.600. The molecule has 0 radical (unpaired) electrons. The number of aliphatic imine (C=N–C) groups is 1. The van der Waals surface area contributed by atoms with Crippen molar-refractivity contribution in [1.29, 1.82) is 0 Å². The number of nitrogens with zero attached hydrogens (tertiary/aromatic N) is 3. The molecule has 3 heterocycles. The molecule has 0 saturated carbocycles. The van der Waals surface area contributed by atoms with Crippen LogP contribution in [0.3, 0.4) is 0 Å². The largest absolute Gasteiger partial charge is 0.484 e. The summed E-state index contributed by atoms with van der Waals surface area (Å²) in [5.74, 6) is 1.82. The van der Waals surface area contributed by atoms with Crippen LogP contribution in [-0.2, 0) is 9.47 Å². The van der Waals surface area contributed by atoms with Gasteiger partial charge in [-0.3, -0.25) is 4.99 Å². The fourth-order valence-corrected chi connectivity index (χ4v) is 4.75. The van der Waals surface area contributed by atoms with Gasteiger partial charge >= 0.3 is 6.09 Å². The number of ether oxygens (including phenoxy) is 2. The molecule has 27 heavy (non-hydrogen) atoms. The first-order valence-electron chi connectivity index (χ1n) is 10.6. The number of likely N-dealkylation sites (tertiary alicyclic amines) is 2. The summed E-state index contributed by atoms with van der Waals surface area (Å²) in [6.45, 7) is 9.25. The summed E-state index contributed by atoms with van der Waals surface area (Å²) in [7, 11) is 1.71. The zero-order valence-corrected chi connectivity index (χ0v) is 17.2. The number of hydrogen-bond donors (Lipinski definition) is 0. The van der Waals surface area contributed by atoms with E-state index < -0.39 is 0 Å². The van der Waals surface area contributed by atoms with Crippen LogP contribution in [0.4, 0.5) is 4.79 Å². The molecule has 152 valence electrons. The van der Waals surface area contributed by atoms with Crippen LogP contribution in [0.2, 0.25) is 0 Å². The van der Waals surface area contributed by atoms with Crippen LogP contribution in [0.15, 0.2) is 16.6 Å². The van der Waals surface area contributed by atoms with Gasteiger partial charge < -0.3 is 19.3 Å². The second kappa shape index (κ2) is 9.58. The molecule has 0 aromatic rings. The van der Waals surface area contributed by atoms with E-state index in [4.69, 9.17) is 9.47 Å². The Kier molecular flexibility index (Phi) is 7.16. The fourth-order valence-electron chi connectivity index (χ4n) is 4.75. The third-order valence-corrected chi connectivity index (χ3v) is 6.27. The maximum absolute atomic E-state index is 12.0. The van der Waals surface area contributed by atoms with Crippen molar-refractivity contribution in [2.75, 3.05) is 46.4 Å². The lowest BCUT2D eigenvalue weighted by molar-refractivity contribution is 0.104. The Morgan fingerprint density at radius 3 is 2.63 bits per heavy atom. The molecule has 0 aromatic heterocycles. The number of dihydropyridines is 1. The first-order chi connectivity index (χ1) is 13.1. The lowest BCUT2D eigenvalue weighted by atomic mass is 9.85. The molecule has 3 rings (SSSR count). The van der Waals surface area contributed by atoms with Crippen LogP contribution < -0.4 is 0 Å². The summed E-state index contributed by atoms with van der Waals surface area (Å²) in [5, 5.41) is 0. The number of amides is 1. The average molecular weight is 378 g/mol. The molecule has 6 heteroatoms. The monoisotopic (exact) mass is 377 g/mol. The molecule has 0 bridgehead atoms. The minimum Gasteiger partial charge on any atom is -0.484 e. The van der Waals surface area contributed by atoms with Gasteiger partial charge in [0.2, 0.25) is 0 Å². The Bertz CT molecular complexity index is 567. The minimum absolute atomic E-state index is 0.147. The standard InChI is InChI=1S/C21H35N3O3/c1-4-27-21(25)24-10-5-6-19(9-13-24)23-11-7-17(8-12-23)18-14-16(2)20(26-3)22-15-18/h14,16-17,19H,4-13,15H2,1-3H3. The summed E-state index contributed by atoms with van der Waals surface area (Å²) in [4.78, 5) is 21.1. The van der Waals surface area contributed by atoms with Gasteiger partial charge in [-0.1, -0.05) is 13.0 Å². The molecule has 0 aromatic carbocycles. The van der Waals surface area contributed by atoms with Crippen LogP contribution >= 0.6 is 0 Å². The normalized spacial score (nSPS) is 28.2. The Hall–Kier alpha value is -1.56. The zero-order valence-electron chi connectivity index (χ0n) is 17.2. The topological polar surface area (TPSA) is 54.4 Å². The highest BCUT2D eigenvalue weighted by Crippen LogP contribution is 2.31. The van der Waals surface area contributed by atoms with Crippen molar-refractivity contribution in [3.63, 3.8) is 0 Å². The molecule has 2 unspecified atom stereocenters. The minimum atomic E-state index is -0.147. The highest BCUT2D eigenvalue weighted by Gasteiger charge is 2.30. The van der Waals surface area contributed by atoms with Gasteiger partial charge in [-0.2, -0.15) is 0 Å². The second-order valence-electron chi connectivity index (χ2n) is 7.97. The van der Waals surface area contributed by atoms with Crippen LogP contribution in [0.5, 0.6) is 0 Å². The summed E-state index contributed by atoms with van der Waals surface area (Å²) in [6.07, 6.45) is 7.97. The van der Waals surface area contributed by atoms with Crippen LogP contribution in [-0.4, -0.2) is 74.3 Å². The van der Waals surface area contributed by atoms with Crippen molar-refractivity contribution >= 4 is 12.0 Å². The van der Waals surface area contributed by atoms with E-state index in [0.29, 0.717) is 24.5 Å². The molecule has 3 aliphatic rings. The average Bonchev–Trinajstić information content (AvgIpc) is 2.94. The highest BCUT2D eigenvalue weighted by molar-refractivity contribution is 5.81. The highest BCUT2D eigenvalue weighted by atomic mass is 16.6. The van der Waals surface area contributed by atoms with E-state index in [-0.39, 0.29) is 6.09 Å². The third kappa shape index (κ3) is 5.03. The van der Waals surface area contributed by atoms with Gasteiger partial charge in [-0.25, -0.2) is 4.79 Å². The molecule has 2 saturated heterocycles. The maximum Gasteiger partial charge on any atom is 0.409 e. The predicted molar refractivity (Wildman–Crippen MR) is 107 cm³/mol. The van der Waals surface area contributed by atoms with Crippen molar-refractivity contribution in [2.45, 2.75) is 52.0 Å². The van der Waals surface area contributed by atoms with Crippen molar-refractivity contribution in [3.8, 4) is 0 Å². The van der Waals surface area contributed by atoms with Crippen LogP contribution in [0, 0.1) is 11.8 Å². The van der Waals surface area contributed by atoms with E-state index in [1.165, 1.54) is 24.8 Å². The summed E-state index contributed by atoms with van der Waals surface area (Å²) >= 11 is 0. The lowest BCUT2D eigenvalue weighted by Gasteiger charge is -2.38. The quantitative estimate of drug-likeness (QED) is 0.708. The number of carbonyl (C=O) groups excluding carboxylic acids is 1. The SMILES string of the molecule is CCOC(=O)N1CCCC(N2CCC(C3=CC(C)C(OC)=NC3)CC2)CC1. The van der Waals surface area contributed by atoms with Crippen molar-refractivity contribution in [3.05, 3.63) is 11.6 Å². The molecule has 3 aliphatic heterocycles. The van der Waals surface area contributed by atoms with E-state index in [2.05, 4.69) is 22.9 Å². The Balaban J connectivity index is 1.47. The van der Waals surface area contributed by atoms with E-state index in [1.54, 1.807) is 7.11 Å². The first kappa shape index (κ1) is 20.2.